The average Bonchev–Trinajstić information content (AvgIpc) is 2.70. The summed E-state index contributed by atoms with van der Waals surface area (Å²) >= 11 is 1.02. The molecule has 0 bridgehead atoms. The highest BCUT2D eigenvalue weighted by Crippen LogP contribution is 2.23. The Balaban J connectivity index is 2.06. The van der Waals surface area contributed by atoms with E-state index >= 15 is 0 Å². The summed E-state index contributed by atoms with van der Waals surface area (Å²) < 4.78 is 4.77. The largest absolute Gasteiger partial charge is 0.467 e. The molecule has 2 rings (SSSR count). The maximum absolute atomic E-state index is 12.6. The summed E-state index contributed by atoms with van der Waals surface area (Å²) in [5.74, 6) is -0.848. The van der Waals surface area contributed by atoms with Crippen LogP contribution < -0.4 is 5.32 Å². The molecule has 5 nitrogen and oxygen atoms in total. The minimum absolute atomic E-state index is 0.0529. The number of rotatable bonds is 6. The van der Waals surface area contributed by atoms with E-state index in [1.54, 1.807) is 12.1 Å². The van der Waals surface area contributed by atoms with Crippen LogP contribution in [-0.4, -0.2) is 35.9 Å². The molecule has 1 atom stereocenters. The molecule has 6 heteroatoms. The maximum Gasteiger partial charge on any atom is 0.329 e. The van der Waals surface area contributed by atoms with E-state index < -0.39 is 17.4 Å². The fraction of sp³-hybridized carbons (Fsp3) is 0.318. The predicted octanol–water partition coefficient (Wildman–Crippen LogP) is 3.93. The molecule has 0 aromatic heterocycles. The van der Waals surface area contributed by atoms with Crippen molar-refractivity contribution in [1.82, 2.24) is 5.32 Å². The quantitative estimate of drug-likeness (QED) is 0.745. The minimum Gasteiger partial charge on any atom is -0.467 e. The van der Waals surface area contributed by atoms with Crippen LogP contribution in [0.5, 0.6) is 0 Å². The van der Waals surface area contributed by atoms with E-state index in [1.807, 2.05) is 63.2 Å². The first-order chi connectivity index (χ1) is 13.2. The van der Waals surface area contributed by atoms with Gasteiger partial charge in [0.05, 0.1) is 7.11 Å². The highest BCUT2D eigenvalue weighted by molar-refractivity contribution is 8.13. The number of benzene rings is 2. The molecule has 0 aliphatic carbocycles. The molecule has 2 aromatic rings. The van der Waals surface area contributed by atoms with Gasteiger partial charge in [0.15, 0.2) is 5.12 Å². The fourth-order valence-corrected chi connectivity index (χ4v) is 3.34. The lowest BCUT2D eigenvalue weighted by atomic mass is 10.00. The highest BCUT2D eigenvalue weighted by Gasteiger charge is 2.27. The normalized spacial score (nSPS) is 12.1. The molecule has 0 heterocycles. The van der Waals surface area contributed by atoms with Crippen LogP contribution >= 0.6 is 11.8 Å². The van der Waals surface area contributed by atoms with Gasteiger partial charge in [-0.2, -0.15) is 0 Å². The van der Waals surface area contributed by atoms with E-state index in [-0.39, 0.29) is 16.8 Å². The number of methoxy groups -OCH3 is 1. The van der Waals surface area contributed by atoms with Gasteiger partial charge in [-0.3, -0.25) is 9.59 Å². The Hall–Kier alpha value is -2.60. The zero-order valence-corrected chi connectivity index (χ0v) is 17.3. The first kappa shape index (κ1) is 21.7. The summed E-state index contributed by atoms with van der Waals surface area (Å²) in [5.41, 5.74) is 1.95. The number of carbonyl (C=O) groups excluding carboxylic acids is 3. The van der Waals surface area contributed by atoms with Gasteiger partial charge < -0.3 is 10.1 Å². The van der Waals surface area contributed by atoms with E-state index in [0.29, 0.717) is 5.56 Å². The molecule has 0 unspecified atom stereocenters. The highest BCUT2D eigenvalue weighted by atomic mass is 32.2. The van der Waals surface area contributed by atoms with E-state index in [9.17, 15) is 14.4 Å². The van der Waals surface area contributed by atoms with Gasteiger partial charge in [0.25, 0.3) is 5.91 Å². The Morgan fingerprint density at radius 3 is 2.07 bits per heavy atom. The first-order valence-electron chi connectivity index (χ1n) is 8.94. The van der Waals surface area contributed by atoms with Crippen LogP contribution in [0.1, 0.15) is 31.1 Å². The smallest absolute Gasteiger partial charge is 0.329 e. The molecule has 0 aliphatic heterocycles. The molecule has 0 aliphatic rings. The molecule has 2 aromatic carbocycles. The second kappa shape index (κ2) is 9.55. The minimum atomic E-state index is -0.900. The van der Waals surface area contributed by atoms with Crippen molar-refractivity contribution in [2.45, 2.75) is 26.8 Å². The van der Waals surface area contributed by atoms with Crippen LogP contribution in [0.4, 0.5) is 0 Å². The van der Waals surface area contributed by atoms with Gasteiger partial charge in [-0.25, -0.2) is 4.79 Å². The summed E-state index contributed by atoms with van der Waals surface area (Å²) in [7, 11) is 1.26. The number of hydrogen-bond acceptors (Lipinski definition) is 5. The predicted molar refractivity (Wildman–Crippen MR) is 112 cm³/mol. The van der Waals surface area contributed by atoms with Crippen molar-refractivity contribution in [3.05, 3.63) is 60.2 Å². The van der Waals surface area contributed by atoms with Crippen molar-refractivity contribution in [3.8, 4) is 11.1 Å². The van der Waals surface area contributed by atoms with Crippen LogP contribution in [0.15, 0.2) is 54.6 Å². The molecule has 28 heavy (non-hydrogen) atoms. The fourth-order valence-electron chi connectivity index (χ4n) is 2.37. The Morgan fingerprint density at radius 1 is 0.964 bits per heavy atom. The molecule has 148 valence electrons. The number of amides is 1. The number of carbonyl (C=O) groups is 3. The number of hydrogen-bond donors (Lipinski definition) is 1. The van der Waals surface area contributed by atoms with Crippen molar-refractivity contribution >= 4 is 28.8 Å². The number of nitrogens with one attached hydrogen (secondary N) is 1. The lowest BCUT2D eigenvalue weighted by Crippen LogP contribution is -2.43. The van der Waals surface area contributed by atoms with Gasteiger partial charge in [0.2, 0.25) is 0 Å². The van der Waals surface area contributed by atoms with E-state index in [1.165, 1.54) is 7.11 Å². The molecule has 0 spiro atoms. The summed E-state index contributed by atoms with van der Waals surface area (Å²) in [6.07, 6.45) is 0. The molecule has 0 saturated heterocycles. The number of ether oxygens (including phenoxy) is 1. The van der Waals surface area contributed by atoms with Crippen LogP contribution in [0.25, 0.3) is 11.1 Å². The molecule has 0 radical (unpaired) electrons. The topological polar surface area (TPSA) is 72.5 Å². The van der Waals surface area contributed by atoms with Crippen molar-refractivity contribution in [1.29, 1.82) is 0 Å². The van der Waals surface area contributed by atoms with Gasteiger partial charge in [-0.1, -0.05) is 75.0 Å². The third-order valence-electron chi connectivity index (χ3n) is 4.04. The maximum atomic E-state index is 12.6. The van der Waals surface area contributed by atoms with Gasteiger partial charge in [0, 0.05) is 16.7 Å². The molecular formula is C22H25NO4S. The third kappa shape index (κ3) is 5.96. The standard InChI is InChI=1S/C22H25NO4S/c1-22(2,3)21(26)28-14-18(20(25)27-4)23-19(24)17-12-10-16(11-13-17)15-8-6-5-7-9-15/h5-13,18H,14H2,1-4H3,(H,23,24)/t18-/m0/s1. The molecule has 0 fully saturated rings. The van der Waals surface area contributed by atoms with Crippen LogP contribution in [0.3, 0.4) is 0 Å². The lowest BCUT2D eigenvalue weighted by molar-refractivity contribution is -0.142. The summed E-state index contributed by atoms with van der Waals surface area (Å²) in [6, 6.07) is 16.1. The Bertz CT molecular complexity index is 826. The van der Waals surface area contributed by atoms with Gasteiger partial charge in [0.1, 0.15) is 6.04 Å². The Kier molecular flexibility index (Phi) is 7.40. The third-order valence-corrected chi connectivity index (χ3v) is 5.41. The van der Waals surface area contributed by atoms with Crippen LogP contribution in [-0.2, 0) is 14.3 Å². The van der Waals surface area contributed by atoms with Gasteiger partial charge in [-0.05, 0) is 23.3 Å². The number of esters is 1. The SMILES string of the molecule is COC(=O)[C@H](CSC(=O)C(C)(C)C)NC(=O)c1ccc(-c2ccccc2)cc1. The van der Waals surface area contributed by atoms with Gasteiger partial charge >= 0.3 is 5.97 Å². The second-order valence-electron chi connectivity index (χ2n) is 7.34. The van der Waals surface area contributed by atoms with Crippen LogP contribution in [0, 0.1) is 5.41 Å². The summed E-state index contributed by atoms with van der Waals surface area (Å²) in [4.78, 5) is 36.7. The molecular weight excluding hydrogens is 374 g/mol. The zero-order valence-electron chi connectivity index (χ0n) is 16.5. The van der Waals surface area contributed by atoms with Crippen molar-refractivity contribution in [2.75, 3.05) is 12.9 Å². The van der Waals surface area contributed by atoms with Crippen molar-refractivity contribution in [3.63, 3.8) is 0 Å². The van der Waals surface area contributed by atoms with Crippen LogP contribution in [0.2, 0.25) is 0 Å². The first-order valence-corrected chi connectivity index (χ1v) is 9.92. The summed E-state index contributed by atoms with van der Waals surface area (Å²) in [5, 5.41) is 2.61. The van der Waals surface area contributed by atoms with Gasteiger partial charge in [-0.15, -0.1) is 0 Å². The Labute approximate surface area is 169 Å². The Morgan fingerprint density at radius 2 is 1.54 bits per heavy atom. The second-order valence-corrected chi connectivity index (χ2v) is 8.33. The number of thioether (sulfide) groups is 1. The van der Waals surface area contributed by atoms with E-state index in [4.69, 9.17) is 4.74 Å². The zero-order chi connectivity index (χ0) is 20.7. The monoisotopic (exact) mass is 399 g/mol. The lowest BCUT2D eigenvalue weighted by Gasteiger charge is -2.19. The summed E-state index contributed by atoms with van der Waals surface area (Å²) in [6.45, 7) is 5.42. The molecule has 0 saturated carbocycles. The molecule has 1 amide bonds. The van der Waals surface area contributed by atoms with Crippen molar-refractivity contribution in [2.24, 2.45) is 5.41 Å². The van der Waals surface area contributed by atoms with E-state index in [2.05, 4.69) is 5.32 Å². The average molecular weight is 400 g/mol. The van der Waals surface area contributed by atoms with Crippen molar-refractivity contribution < 1.29 is 19.1 Å². The van der Waals surface area contributed by atoms with E-state index in [0.717, 1.165) is 22.9 Å². The molecule has 1 N–H and O–H groups in total.